The van der Waals surface area contributed by atoms with E-state index in [1.165, 1.54) is 17.1 Å². The summed E-state index contributed by atoms with van der Waals surface area (Å²) in [5.74, 6) is 0. The lowest BCUT2D eigenvalue weighted by atomic mass is 10.1. The molecule has 2 fully saturated rings. The highest BCUT2D eigenvalue weighted by atomic mass is 32.2. The predicted octanol–water partition coefficient (Wildman–Crippen LogP) is 1.08. The van der Waals surface area contributed by atoms with E-state index in [1.807, 2.05) is 0 Å². The highest BCUT2D eigenvalue weighted by Gasteiger charge is 2.41. The van der Waals surface area contributed by atoms with Crippen LogP contribution in [0.25, 0.3) is 0 Å². The molecule has 2 aliphatic carbocycles. The summed E-state index contributed by atoms with van der Waals surface area (Å²) in [6.45, 7) is 4.21. The standard InChI is InChI=1S/C13H27N3O2S/c1-3-13(7-8-13)11-15-19(17,18)16(2)10-4-9-14-12-5-6-12/h12,14-15H,3-11H2,1-2H3. The van der Waals surface area contributed by atoms with E-state index in [0.29, 0.717) is 19.1 Å². The lowest BCUT2D eigenvalue weighted by Crippen LogP contribution is -2.41. The summed E-state index contributed by atoms with van der Waals surface area (Å²) in [5, 5.41) is 3.40. The highest BCUT2D eigenvalue weighted by molar-refractivity contribution is 7.87. The summed E-state index contributed by atoms with van der Waals surface area (Å²) in [4.78, 5) is 0. The Morgan fingerprint density at radius 1 is 1.32 bits per heavy atom. The summed E-state index contributed by atoms with van der Waals surface area (Å²) in [6.07, 6.45) is 6.78. The molecule has 2 rings (SSSR count). The quantitative estimate of drug-likeness (QED) is 0.592. The minimum atomic E-state index is -3.29. The molecule has 0 radical (unpaired) electrons. The molecule has 2 N–H and O–H groups in total. The molecule has 6 heteroatoms. The van der Waals surface area contributed by atoms with Crippen molar-refractivity contribution in [2.45, 2.75) is 51.5 Å². The third-order valence-corrected chi connectivity index (χ3v) is 5.92. The van der Waals surface area contributed by atoms with E-state index in [1.54, 1.807) is 7.05 Å². The summed E-state index contributed by atoms with van der Waals surface area (Å²) in [6, 6.07) is 0.694. The van der Waals surface area contributed by atoms with Crippen molar-refractivity contribution in [3.8, 4) is 0 Å². The number of hydrogen-bond donors (Lipinski definition) is 2. The SMILES string of the molecule is CCC1(CNS(=O)(=O)N(C)CCCNC2CC2)CC1. The first kappa shape index (κ1) is 15.2. The second-order valence-corrected chi connectivity index (χ2v) is 7.95. The van der Waals surface area contributed by atoms with Gasteiger partial charge in [0.1, 0.15) is 0 Å². The Labute approximate surface area is 117 Å². The zero-order valence-electron chi connectivity index (χ0n) is 12.1. The number of rotatable bonds is 10. The molecule has 112 valence electrons. The van der Waals surface area contributed by atoms with Gasteiger partial charge in [0.25, 0.3) is 10.2 Å². The third kappa shape index (κ3) is 4.70. The molecule has 0 unspecified atom stereocenters. The van der Waals surface area contributed by atoms with E-state index in [4.69, 9.17) is 0 Å². The second-order valence-electron chi connectivity index (χ2n) is 6.08. The molecule has 19 heavy (non-hydrogen) atoms. The first-order chi connectivity index (χ1) is 8.97. The van der Waals surface area contributed by atoms with E-state index >= 15 is 0 Å². The molecule has 0 aliphatic heterocycles. The Bertz CT molecular complexity index is 389. The van der Waals surface area contributed by atoms with Crippen LogP contribution in [0.3, 0.4) is 0 Å². The fourth-order valence-corrected chi connectivity index (χ4v) is 3.28. The molecule has 0 atom stereocenters. The topological polar surface area (TPSA) is 61.4 Å². The number of nitrogens with one attached hydrogen (secondary N) is 2. The van der Waals surface area contributed by atoms with Crippen molar-refractivity contribution in [1.82, 2.24) is 14.3 Å². The van der Waals surface area contributed by atoms with Crippen molar-refractivity contribution in [2.24, 2.45) is 5.41 Å². The normalized spacial score (nSPS) is 21.8. The number of nitrogens with zero attached hydrogens (tertiary/aromatic N) is 1. The van der Waals surface area contributed by atoms with E-state index in [9.17, 15) is 8.42 Å². The molecule has 5 nitrogen and oxygen atoms in total. The Hall–Kier alpha value is -0.170. The molecule has 0 amide bonds. The van der Waals surface area contributed by atoms with Gasteiger partial charge in [-0.1, -0.05) is 6.92 Å². The maximum atomic E-state index is 12.1. The zero-order chi connectivity index (χ0) is 13.9. The Morgan fingerprint density at radius 3 is 2.53 bits per heavy atom. The van der Waals surface area contributed by atoms with Gasteiger partial charge in [0.05, 0.1) is 0 Å². The van der Waals surface area contributed by atoms with Crippen LogP contribution in [-0.4, -0.2) is 45.4 Å². The molecule has 0 heterocycles. The fraction of sp³-hybridized carbons (Fsp3) is 1.00. The van der Waals surface area contributed by atoms with E-state index in [-0.39, 0.29) is 5.41 Å². The molecule has 0 spiro atoms. The highest BCUT2D eigenvalue weighted by Crippen LogP contribution is 2.47. The van der Waals surface area contributed by atoms with Crippen LogP contribution in [0.2, 0.25) is 0 Å². The molecule has 0 aromatic rings. The minimum absolute atomic E-state index is 0.251. The van der Waals surface area contributed by atoms with Crippen LogP contribution >= 0.6 is 0 Å². The number of hydrogen-bond acceptors (Lipinski definition) is 3. The van der Waals surface area contributed by atoms with E-state index in [0.717, 1.165) is 32.2 Å². The monoisotopic (exact) mass is 289 g/mol. The van der Waals surface area contributed by atoms with Crippen molar-refractivity contribution >= 4 is 10.2 Å². The molecule has 2 saturated carbocycles. The van der Waals surface area contributed by atoms with Gasteiger partial charge >= 0.3 is 0 Å². The molecular weight excluding hydrogens is 262 g/mol. The molecule has 0 saturated heterocycles. The molecule has 2 aliphatic rings. The minimum Gasteiger partial charge on any atom is -0.314 e. The van der Waals surface area contributed by atoms with Crippen molar-refractivity contribution < 1.29 is 8.42 Å². The Balaban J connectivity index is 1.65. The largest absolute Gasteiger partial charge is 0.314 e. The zero-order valence-corrected chi connectivity index (χ0v) is 12.9. The summed E-state index contributed by atoms with van der Waals surface area (Å²) < 4.78 is 28.3. The Morgan fingerprint density at radius 2 is 2.00 bits per heavy atom. The van der Waals surface area contributed by atoms with Gasteiger partial charge in [-0.15, -0.1) is 0 Å². The van der Waals surface area contributed by atoms with Crippen LogP contribution in [-0.2, 0) is 10.2 Å². The van der Waals surface area contributed by atoms with E-state index < -0.39 is 10.2 Å². The first-order valence-corrected chi connectivity index (χ1v) is 8.86. The van der Waals surface area contributed by atoms with Gasteiger partial charge in [-0.2, -0.15) is 12.7 Å². The van der Waals surface area contributed by atoms with Gasteiger partial charge < -0.3 is 5.32 Å². The van der Waals surface area contributed by atoms with Gasteiger partial charge in [-0.3, -0.25) is 0 Å². The van der Waals surface area contributed by atoms with Crippen molar-refractivity contribution in [3.63, 3.8) is 0 Å². The third-order valence-electron chi connectivity index (χ3n) is 4.41. The van der Waals surface area contributed by atoms with E-state index in [2.05, 4.69) is 17.0 Å². The fourth-order valence-electron chi connectivity index (χ4n) is 2.20. The van der Waals surface area contributed by atoms with Crippen LogP contribution in [0.1, 0.15) is 45.4 Å². The second kappa shape index (κ2) is 6.08. The Kier molecular flexibility index (Phi) is 4.87. The molecule has 0 bridgehead atoms. The predicted molar refractivity (Wildman–Crippen MR) is 77.2 cm³/mol. The average Bonchev–Trinajstić information content (AvgIpc) is 3.27. The van der Waals surface area contributed by atoms with Crippen LogP contribution in [0.5, 0.6) is 0 Å². The molecular formula is C13H27N3O2S. The van der Waals surface area contributed by atoms with Crippen molar-refractivity contribution in [2.75, 3.05) is 26.7 Å². The van der Waals surface area contributed by atoms with Crippen LogP contribution in [0.4, 0.5) is 0 Å². The summed E-state index contributed by atoms with van der Waals surface area (Å²) in [5.41, 5.74) is 0.251. The lowest BCUT2D eigenvalue weighted by Gasteiger charge is -2.20. The van der Waals surface area contributed by atoms with Crippen molar-refractivity contribution in [1.29, 1.82) is 0 Å². The molecule has 0 aromatic carbocycles. The average molecular weight is 289 g/mol. The summed E-state index contributed by atoms with van der Waals surface area (Å²) in [7, 11) is -1.64. The van der Waals surface area contributed by atoms with Gasteiger partial charge in [0, 0.05) is 26.2 Å². The summed E-state index contributed by atoms with van der Waals surface area (Å²) >= 11 is 0. The lowest BCUT2D eigenvalue weighted by molar-refractivity contribution is 0.424. The first-order valence-electron chi connectivity index (χ1n) is 7.42. The van der Waals surface area contributed by atoms with Gasteiger partial charge in [0.15, 0.2) is 0 Å². The van der Waals surface area contributed by atoms with Gasteiger partial charge in [0.2, 0.25) is 0 Å². The molecule has 0 aromatic heterocycles. The van der Waals surface area contributed by atoms with Crippen LogP contribution in [0.15, 0.2) is 0 Å². The van der Waals surface area contributed by atoms with Crippen LogP contribution in [0, 0.1) is 5.41 Å². The van der Waals surface area contributed by atoms with Gasteiger partial charge in [-0.25, -0.2) is 4.72 Å². The maximum absolute atomic E-state index is 12.1. The smallest absolute Gasteiger partial charge is 0.279 e. The van der Waals surface area contributed by atoms with Crippen LogP contribution < -0.4 is 10.0 Å². The maximum Gasteiger partial charge on any atom is 0.279 e. The van der Waals surface area contributed by atoms with Crippen molar-refractivity contribution in [3.05, 3.63) is 0 Å². The van der Waals surface area contributed by atoms with Gasteiger partial charge in [-0.05, 0) is 50.5 Å².